The molecular formula is C13H10F6O3. The van der Waals surface area contributed by atoms with E-state index in [0.717, 1.165) is 0 Å². The predicted octanol–water partition coefficient (Wildman–Crippen LogP) is 3.81. The number of benzene rings is 1. The number of carboxylic acid groups (broad SMARTS) is 1. The molecular weight excluding hydrogens is 318 g/mol. The van der Waals surface area contributed by atoms with E-state index in [1.165, 1.54) is 0 Å². The first-order chi connectivity index (χ1) is 9.97. The molecule has 9 heteroatoms. The van der Waals surface area contributed by atoms with Crippen molar-refractivity contribution in [1.82, 2.24) is 0 Å². The molecule has 1 aliphatic heterocycles. The van der Waals surface area contributed by atoms with Crippen molar-refractivity contribution in [3.8, 4) is 0 Å². The van der Waals surface area contributed by atoms with Crippen LogP contribution in [0, 0.1) is 0 Å². The molecule has 1 heterocycles. The number of carboxylic acids is 1. The molecule has 0 saturated carbocycles. The Labute approximate surface area is 120 Å². The number of alkyl halides is 6. The van der Waals surface area contributed by atoms with Gasteiger partial charge in [-0.25, -0.2) is 4.79 Å². The van der Waals surface area contributed by atoms with Gasteiger partial charge in [-0.1, -0.05) is 0 Å². The molecule has 1 aromatic carbocycles. The van der Waals surface area contributed by atoms with Crippen molar-refractivity contribution in [3.05, 3.63) is 34.9 Å². The highest BCUT2D eigenvalue weighted by molar-refractivity contribution is 5.80. The number of rotatable bonds is 2. The van der Waals surface area contributed by atoms with Gasteiger partial charge in [0.25, 0.3) is 0 Å². The largest absolute Gasteiger partial charge is 0.479 e. The van der Waals surface area contributed by atoms with Crippen LogP contribution in [0.4, 0.5) is 26.3 Å². The van der Waals surface area contributed by atoms with E-state index in [2.05, 4.69) is 0 Å². The van der Waals surface area contributed by atoms with E-state index in [4.69, 9.17) is 4.74 Å². The van der Waals surface area contributed by atoms with Gasteiger partial charge in [-0.2, -0.15) is 26.3 Å². The first-order valence-electron chi connectivity index (χ1n) is 6.14. The molecule has 1 unspecified atom stereocenters. The van der Waals surface area contributed by atoms with Gasteiger partial charge >= 0.3 is 18.3 Å². The lowest BCUT2D eigenvalue weighted by Crippen LogP contribution is -2.35. The van der Waals surface area contributed by atoms with Gasteiger partial charge in [0, 0.05) is 6.61 Å². The van der Waals surface area contributed by atoms with E-state index in [1.807, 2.05) is 0 Å². The fourth-order valence-corrected chi connectivity index (χ4v) is 2.35. The topological polar surface area (TPSA) is 46.5 Å². The Balaban J connectivity index is 2.67. The Morgan fingerprint density at radius 1 is 1.05 bits per heavy atom. The standard InChI is InChI=1S/C13H10F6O3/c14-12(15,16)8-4-7(5-9(6-8)13(17,18)19)11(10(20)21)2-1-3-22-11/h4-6H,1-3H2,(H,20,21). The van der Waals surface area contributed by atoms with Crippen LogP contribution in [0.2, 0.25) is 0 Å². The third-order valence-corrected chi connectivity index (χ3v) is 3.42. The second-order valence-corrected chi connectivity index (χ2v) is 4.88. The van der Waals surface area contributed by atoms with Crippen molar-refractivity contribution in [1.29, 1.82) is 0 Å². The molecule has 0 aliphatic carbocycles. The van der Waals surface area contributed by atoms with Crippen molar-refractivity contribution >= 4 is 5.97 Å². The molecule has 1 fully saturated rings. The van der Waals surface area contributed by atoms with Crippen molar-refractivity contribution in [3.63, 3.8) is 0 Å². The summed E-state index contributed by atoms with van der Waals surface area (Å²) < 4.78 is 81.7. The van der Waals surface area contributed by atoms with Crippen LogP contribution in [0.1, 0.15) is 29.5 Å². The molecule has 122 valence electrons. The second kappa shape index (κ2) is 5.15. The SMILES string of the molecule is O=C(O)C1(c2cc(C(F)(F)F)cc(C(F)(F)F)c2)CCCO1. The smallest absolute Gasteiger partial charge is 0.416 e. The lowest BCUT2D eigenvalue weighted by Gasteiger charge is -2.26. The first-order valence-corrected chi connectivity index (χ1v) is 6.14. The normalized spacial score (nSPS) is 22.8. The summed E-state index contributed by atoms with van der Waals surface area (Å²) in [6.45, 7) is -0.0517. The van der Waals surface area contributed by atoms with Crippen LogP contribution in [0.5, 0.6) is 0 Å². The summed E-state index contributed by atoms with van der Waals surface area (Å²) >= 11 is 0. The number of halogens is 6. The minimum atomic E-state index is -5.03. The van der Waals surface area contributed by atoms with Gasteiger partial charge in [-0.3, -0.25) is 0 Å². The number of carbonyl (C=O) groups is 1. The molecule has 0 radical (unpaired) electrons. The van der Waals surface area contributed by atoms with E-state index >= 15 is 0 Å². The summed E-state index contributed by atoms with van der Waals surface area (Å²) in [6, 6.07) is 0.747. The number of aliphatic carboxylic acids is 1. The lowest BCUT2D eigenvalue weighted by atomic mass is 9.88. The van der Waals surface area contributed by atoms with Gasteiger partial charge in [-0.05, 0) is 36.6 Å². The van der Waals surface area contributed by atoms with Crippen molar-refractivity contribution < 1.29 is 41.0 Å². The molecule has 1 aliphatic rings. The van der Waals surface area contributed by atoms with Gasteiger partial charge in [0.2, 0.25) is 0 Å². The van der Waals surface area contributed by atoms with Gasteiger partial charge < -0.3 is 9.84 Å². The summed E-state index contributed by atoms with van der Waals surface area (Å²) in [5, 5.41) is 9.22. The Morgan fingerprint density at radius 2 is 1.55 bits per heavy atom. The maximum atomic E-state index is 12.8. The van der Waals surface area contributed by atoms with E-state index in [-0.39, 0.29) is 25.5 Å². The van der Waals surface area contributed by atoms with Crippen LogP contribution in [-0.4, -0.2) is 17.7 Å². The summed E-state index contributed by atoms with van der Waals surface area (Å²) in [5.74, 6) is -1.61. The molecule has 22 heavy (non-hydrogen) atoms. The van der Waals surface area contributed by atoms with E-state index in [9.17, 15) is 36.2 Å². The third-order valence-electron chi connectivity index (χ3n) is 3.42. The Hall–Kier alpha value is -1.77. The highest BCUT2D eigenvalue weighted by atomic mass is 19.4. The molecule has 0 amide bonds. The van der Waals surface area contributed by atoms with Crippen molar-refractivity contribution in [2.45, 2.75) is 30.8 Å². The fraction of sp³-hybridized carbons (Fsp3) is 0.462. The molecule has 1 atom stereocenters. The number of hydrogen-bond donors (Lipinski definition) is 1. The summed E-state index contributed by atoms with van der Waals surface area (Å²) in [6.07, 6.45) is -10.0. The lowest BCUT2D eigenvalue weighted by molar-refractivity contribution is -0.162. The van der Waals surface area contributed by atoms with Gasteiger partial charge in [-0.15, -0.1) is 0 Å². The highest BCUT2D eigenvalue weighted by Crippen LogP contribution is 2.42. The van der Waals surface area contributed by atoms with E-state index in [1.54, 1.807) is 0 Å². The van der Waals surface area contributed by atoms with Crippen LogP contribution >= 0.6 is 0 Å². The van der Waals surface area contributed by atoms with E-state index < -0.39 is 40.6 Å². The number of hydrogen-bond acceptors (Lipinski definition) is 2. The molecule has 0 spiro atoms. The monoisotopic (exact) mass is 328 g/mol. The number of ether oxygens (including phenoxy) is 1. The third kappa shape index (κ3) is 2.90. The molecule has 0 bridgehead atoms. The second-order valence-electron chi connectivity index (χ2n) is 4.88. The maximum Gasteiger partial charge on any atom is 0.416 e. The quantitative estimate of drug-likeness (QED) is 0.840. The highest BCUT2D eigenvalue weighted by Gasteiger charge is 2.47. The van der Waals surface area contributed by atoms with Gasteiger partial charge in [0.15, 0.2) is 5.60 Å². The zero-order valence-electron chi connectivity index (χ0n) is 10.9. The minimum Gasteiger partial charge on any atom is -0.479 e. The minimum absolute atomic E-state index is 0.0476. The summed E-state index contributed by atoms with van der Waals surface area (Å²) in [5.41, 5.74) is -5.96. The van der Waals surface area contributed by atoms with Crippen molar-refractivity contribution in [2.75, 3.05) is 6.61 Å². The molecule has 1 aromatic rings. The average Bonchev–Trinajstić information content (AvgIpc) is 2.86. The molecule has 0 aromatic heterocycles. The Bertz CT molecular complexity index is 552. The van der Waals surface area contributed by atoms with Crippen molar-refractivity contribution in [2.24, 2.45) is 0 Å². The average molecular weight is 328 g/mol. The summed E-state index contributed by atoms with van der Waals surface area (Å²) in [4.78, 5) is 11.4. The van der Waals surface area contributed by atoms with Crippen LogP contribution in [0.3, 0.4) is 0 Å². The van der Waals surface area contributed by atoms with Crippen LogP contribution in [-0.2, 0) is 27.5 Å². The maximum absolute atomic E-state index is 12.8. The predicted molar refractivity (Wildman–Crippen MR) is 60.9 cm³/mol. The molecule has 1 N–H and O–H groups in total. The van der Waals surface area contributed by atoms with E-state index in [0.29, 0.717) is 12.1 Å². The fourth-order valence-electron chi connectivity index (χ4n) is 2.35. The van der Waals surface area contributed by atoms with Crippen LogP contribution in [0.25, 0.3) is 0 Å². The Morgan fingerprint density at radius 3 is 1.86 bits per heavy atom. The Kier molecular flexibility index (Phi) is 3.88. The zero-order valence-corrected chi connectivity index (χ0v) is 10.9. The van der Waals surface area contributed by atoms with Crippen LogP contribution in [0.15, 0.2) is 18.2 Å². The zero-order chi connectivity index (χ0) is 16.8. The molecule has 1 saturated heterocycles. The molecule has 2 rings (SSSR count). The van der Waals surface area contributed by atoms with Crippen LogP contribution < -0.4 is 0 Å². The molecule has 3 nitrogen and oxygen atoms in total. The van der Waals surface area contributed by atoms with Gasteiger partial charge in [0.05, 0.1) is 11.1 Å². The first kappa shape index (κ1) is 16.6. The van der Waals surface area contributed by atoms with Gasteiger partial charge in [0.1, 0.15) is 0 Å². The summed E-state index contributed by atoms with van der Waals surface area (Å²) in [7, 11) is 0.